The summed E-state index contributed by atoms with van der Waals surface area (Å²) in [6.45, 7) is 0. The molecule has 2 fully saturated rings. The van der Waals surface area contributed by atoms with Crippen LogP contribution in [0.25, 0.3) is 0 Å². The normalized spacial score (nSPS) is 22.5. The number of fused-ring (bicyclic) bond motifs is 2. The highest BCUT2D eigenvalue weighted by atomic mass is 16.1. The van der Waals surface area contributed by atoms with Gasteiger partial charge >= 0.3 is 0 Å². The number of rotatable bonds is 0. The molecule has 2 bridgehead atoms. The van der Waals surface area contributed by atoms with Crippen LogP contribution in [0, 0.1) is 28.1 Å². The third-order valence-electron chi connectivity index (χ3n) is 2.63. The van der Waals surface area contributed by atoms with Gasteiger partial charge in [0, 0.05) is 0 Å². The summed E-state index contributed by atoms with van der Waals surface area (Å²) in [7, 11) is 0. The van der Waals surface area contributed by atoms with Crippen molar-refractivity contribution in [3.63, 3.8) is 0 Å². The van der Waals surface area contributed by atoms with Crippen molar-refractivity contribution in [2.75, 3.05) is 0 Å². The van der Waals surface area contributed by atoms with Crippen molar-refractivity contribution in [3.8, 4) is 0 Å². The van der Waals surface area contributed by atoms with Gasteiger partial charge in [0.05, 0.1) is 0 Å². The maximum atomic E-state index is 8.35. The largest absolute Gasteiger partial charge is 0.231 e. The molecule has 0 radical (unpaired) electrons. The first-order valence-electron chi connectivity index (χ1n) is 4.81. The zero-order valence-electron chi connectivity index (χ0n) is 8.91. The van der Waals surface area contributed by atoms with Crippen molar-refractivity contribution in [2.45, 2.75) is 32.1 Å². The molecule has 0 atom stereocenters. The van der Waals surface area contributed by atoms with Crippen molar-refractivity contribution >= 4 is 18.2 Å². The Balaban J connectivity index is 0. The maximum Gasteiger partial charge on any atom is 0.231 e. The highest BCUT2D eigenvalue weighted by molar-refractivity contribution is 5.26. The van der Waals surface area contributed by atoms with E-state index < -0.39 is 0 Å². The second-order valence-electron chi connectivity index (χ2n) is 3.43. The fourth-order valence-corrected chi connectivity index (χ4v) is 2.17. The molecule has 0 heterocycles. The molecule has 0 aliphatic heterocycles. The van der Waals surface area contributed by atoms with Gasteiger partial charge in [0.1, 0.15) is 0 Å². The lowest BCUT2D eigenvalue weighted by Gasteiger charge is -2.05. The second-order valence-corrected chi connectivity index (χ2v) is 3.43. The second kappa shape index (κ2) is 13.1. The molecule has 6 heteroatoms. The highest BCUT2D eigenvalue weighted by Gasteiger charge is 2.30. The average Bonchev–Trinajstić information content (AvgIpc) is 2.84. The predicted octanol–water partition coefficient (Wildman–Crippen LogP) is 1.90. The lowest BCUT2D eigenvalue weighted by Crippen LogP contribution is -1.90. The first kappa shape index (κ1) is 16.6. The first-order chi connectivity index (χ1) is 7.69. The van der Waals surface area contributed by atoms with E-state index >= 15 is 0 Å². The molecule has 0 amide bonds. The van der Waals surface area contributed by atoms with Gasteiger partial charge in [0.25, 0.3) is 0 Å². The molecule has 0 aromatic rings. The summed E-state index contributed by atoms with van der Waals surface area (Å²) in [5, 5.41) is 16.2. The average molecular weight is 225 g/mol. The third-order valence-corrected chi connectivity index (χ3v) is 2.63. The van der Waals surface area contributed by atoms with E-state index in [1.165, 1.54) is 11.8 Å². The van der Waals surface area contributed by atoms with Crippen LogP contribution in [0.2, 0.25) is 0 Å². The minimum absolute atomic E-state index is 0.750. The van der Waals surface area contributed by atoms with Crippen LogP contribution in [0.15, 0.2) is 0 Å². The first-order valence-corrected chi connectivity index (χ1v) is 4.81. The lowest BCUT2D eigenvalue weighted by molar-refractivity contribution is 0.480. The van der Waals surface area contributed by atoms with Crippen LogP contribution in [0.5, 0.6) is 0 Å². The lowest BCUT2D eigenvalue weighted by atomic mass is 10.0. The molecule has 6 nitrogen and oxygen atoms in total. The van der Waals surface area contributed by atoms with Gasteiger partial charge in [-0.3, -0.25) is 0 Å². The van der Waals surface area contributed by atoms with E-state index in [-0.39, 0.29) is 0 Å². The van der Waals surface area contributed by atoms with E-state index in [2.05, 4.69) is 0 Å². The van der Waals surface area contributed by atoms with Crippen LogP contribution < -0.4 is 0 Å². The van der Waals surface area contributed by atoms with Crippen LogP contribution in [0.3, 0.4) is 0 Å². The van der Waals surface area contributed by atoms with Crippen molar-refractivity contribution < 1.29 is 14.4 Å². The van der Waals surface area contributed by atoms with E-state index in [1.54, 1.807) is 32.1 Å². The van der Waals surface area contributed by atoms with Gasteiger partial charge in [-0.2, -0.15) is 0 Å². The van der Waals surface area contributed by atoms with Gasteiger partial charge in [0.15, 0.2) is 0 Å². The van der Waals surface area contributed by atoms with E-state index in [9.17, 15) is 0 Å². The number of isocyanates is 3. The Labute approximate surface area is 93.6 Å². The molecule has 0 aromatic heterocycles. The number of nitrogens with one attached hydrogen (secondary N) is 3. The van der Waals surface area contributed by atoms with Gasteiger partial charge in [-0.15, -0.1) is 0 Å². The number of hydrogen-bond donors (Lipinski definition) is 3. The highest BCUT2D eigenvalue weighted by Crippen LogP contribution is 2.43. The molecule has 0 saturated heterocycles. The monoisotopic (exact) mass is 225 g/mol. The van der Waals surface area contributed by atoms with Crippen molar-refractivity contribution in [3.05, 3.63) is 0 Å². The van der Waals surface area contributed by atoms with Gasteiger partial charge in [-0.25, -0.2) is 30.6 Å². The summed E-state index contributed by atoms with van der Waals surface area (Å²) in [4.78, 5) is 25.0. The van der Waals surface area contributed by atoms with Crippen LogP contribution in [0.4, 0.5) is 0 Å². The number of carbonyl (C=O) groups excluding carboxylic acids is 3. The standard InChI is InChI=1S/C7H12.3CHNO/c1-2-7-4-3-6(1)5-7;3*2-1-3/h6-7H,1-5H2;3*2H. The quantitative estimate of drug-likeness (QED) is 0.430. The van der Waals surface area contributed by atoms with Gasteiger partial charge in [-0.1, -0.05) is 25.7 Å². The van der Waals surface area contributed by atoms with Gasteiger partial charge in [-0.05, 0) is 18.3 Å². The molecule has 3 N–H and O–H groups in total. The van der Waals surface area contributed by atoms with E-state index in [4.69, 9.17) is 30.6 Å². The zero-order valence-corrected chi connectivity index (χ0v) is 8.91. The Hall–Kier alpha value is -1.86. The molecular weight excluding hydrogens is 210 g/mol. The predicted molar refractivity (Wildman–Crippen MR) is 55.3 cm³/mol. The topological polar surface area (TPSA) is 123 Å². The van der Waals surface area contributed by atoms with Crippen molar-refractivity contribution in [2.24, 2.45) is 11.8 Å². The van der Waals surface area contributed by atoms with E-state index in [1.807, 2.05) is 0 Å². The fraction of sp³-hybridized carbons (Fsp3) is 0.700. The van der Waals surface area contributed by atoms with E-state index in [0.29, 0.717) is 0 Å². The van der Waals surface area contributed by atoms with Crippen molar-refractivity contribution in [1.82, 2.24) is 0 Å². The summed E-state index contributed by atoms with van der Waals surface area (Å²) in [5.41, 5.74) is 0. The number of hydrogen-bond acceptors (Lipinski definition) is 6. The molecule has 2 aliphatic carbocycles. The van der Waals surface area contributed by atoms with Gasteiger partial charge < -0.3 is 0 Å². The molecule has 16 heavy (non-hydrogen) atoms. The summed E-state index contributed by atoms with van der Waals surface area (Å²) < 4.78 is 0. The minimum atomic E-state index is 0.750. The molecule has 2 rings (SSSR count). The van der Waals surface area contributed by atoms with Crippen LogP contribution >= 0.6 is 0 Å². The maximum absolute atomic E-state index is 8.35. The Morgan fingerprint density at radius 3 is 0.938 bits per heavy atom. The zero-order chi connectivity index (χ0) is 12.8. The van der Waals surface area contributed by atoms with Gasteiger partial charge in [0.2, 0.25) is 18.2 Å². The van der Waals surface area contributed by atoms with E-state index in [0.717, 1.165) is 18.2 Å². The van der Waals surface area contributed by atoms with Crippen LogP contribution in [0.1, 0.15) is 32.1 Å². The molecular formula is C10H15N3O3. The molecule has 2 saturated carbocycles. The summed E-state index contributed by atoms with van der Waals surface area (Å²) >= 11 is 0. The summed E-state index contributed by atoms with van der Waals surface area (Å²) in [5.74, 6) is 2.34. The Morgan fingerprint density at radius 2 is 0.875 bits per heavy atom. The summed E-state index contributed by atoms with van der Waals surface area (Å²) in [6.07, 6.45) is 10.1. The molecule has 2 aliphatic rings. The Bertz CT molecular complexity index is 227. The fourth-order valence-electron chi connectivity index (χ4n) is 2.17. The third kappa shape index (κ3) is 10.2. The SMILES string of the molecule is C1CC2CCC1C2.N=C=O.N=C=O.N=C=O. The van der Waals surface area contributed by atoms with Crippen LogP contribution in [-0.2, 0) is 14.4 Å². The minimum Gasteiger partial charge on any atom is -0.222 e. The molecule has 88 valence electrons. The summed E-state index contributed by atoms with van der Waals surface area (Å²) in [6, 6.07) is 0. The molecule has 0 spiro atoms. The molecule has 0 unspecified atom stereocenters. The Morgan fingerprint density at radius 1 is 0.688 bits per heavy atom. The Kier molecular flexibility index (Phi) is 13.6. The molecule has 0 aromatic carbocycles. The van der Waals surface area contributed by atoms with Crippen LogP contribution in [-0.4, -0.2) is 18.2 Å². The van der Waals surface area contributed by atoms with Crippen molar-refractivity contribution in [1.29, 1.82) is 16.2 Å². The smallest absolute Gasteiger partial charge is 0.222 e.